The van der Waals surface area contributed by atoms with Crippen molar-refractivity contribution in [1.82, 2.24) is 40.0 Å². The third-order valence-electron chi connectivity index (χ3n) is 7.84. The summed E-state index contributed by atoms with van der Waals surface area (Å²) in [6, 6.07) is 4.60. The van der Waals surface area contributed by atoms with Crippen molar-refractivity contribution in [3.8, 4) is 5.75 Å². The molecule has 0 bridgehead atoms. The van der Waals surface area contributed by atoms with Crippen LogP contribution < -0.4 is 10.1 Å². The van der Waals surface area contributed by atoms with Gasteiger partial charge in [-0.25, -0.2) is 8.42 Å². The van der Waals surface area contributed by atoms with E-state index in [9.17, 15) is 13.2 Å². The number of nitrogens with zero attached hydrogens (tertiary/aromatic N) is 6. The van der Waals surface area contributed by atoms with Crippen LogP contribution >= 0.6 is 0 Å². The van der Waals surface area contributed by atoms with Gasteiger partial charge >= 0.3 is 0 Å². The van der Waals surface area contributed by atoms with Crippen molar-refractivity contribution in [1.29, 1.82) is 0 Å². The lowest BCUT2D eigenvalue weighted by Crippen LogP contribution is -2.43. The van der Waals surface area contributed by atoms with Gasteiger partial charge in [-0.05, 0) is 68.8 Å². The van der Waals surface area contributed by atoms with E-state index in [-0.39, 0.29) is 10.8 Å². The van der Waals surface area contributed by atoms with Gasteiger partial charge in [-0.15, -0.1) is 10.2 Å². The Kier molecular flexibility index (Phi) is 8.19. The number of rotatable bonds is 10. The van der Waals surface area contributed by atoms with Gasteiger partial charge < -0.3 is 15.0 Å². The van der Waals surface area contributed by atoms with E-state index in [1.807, 2.05) is 18.9 Å². The van der Waals surface area contributed by atoms with E-state index in [1.54, 1.807) is 22.5 Å². The predicted molar refractivity (Wildman–Crippen MR) is 144 cm³/mol. The Morgan fingerprint density at radius 1 is 1.18 bits per heavy atom. The highest BCUT2D eigenvalue weighted by Gasteiger charge is 2.40. The number of ether oxygens (including phenoxy) is 1. The molecule has 1 amide bonds. The zero-order valence-electron chi connectivity index (χ0n) is 22.9. The summed E-state index contributed by atoms with van der Waals surface area (Å²) in [6.45, 7) is 7.65. The SMILES string of the molecule is CCCN1CC2=C(C(=O)NC2c2cc(S(=O)(=O)N3CCC(CCc4nn[nH]n4)CC3)ccc2OCC)N(C)C1. The summed E-state index contributed by atoms with van der Waals surface area (Å²) in [7, 11) is -1.79. The highest BCUT2D eigenvalue weighted by Crippen LogP contribution is 2.40. The summed E-state index contributed by atoms with van der Waals surface area (Å²) in [4.78, 5) is 17.5. The van der Waals surface area contributed by atoms with Crippen LogP contribution in [0, 0.1) is 5.92 Å². The highest BCUT2D eigenvalue weighted by molar-refractivity contribution is 7.89. The molecule has 1 saturated heterocycles. The van der Waals surface area contributed by atoms with Crippen molar-refractivity contribution in [3.05, 3.63) is 40.9 Å². The smallest absolute Gasteiger partial charge is 0.268 e. The van der Waals surface area contributed by atoms with Crippen molar-refractivity contribution < 1.29 is 17.9 Å². The number of piperidine rings is 1. The maximum Gasteiger partial charge on any atom is 0.268 e. The fourth-order valence-electron chi connectivity index (χ4n) is 5.96. The molecule has 0 aliphatic carbocycles. The number of benzene rings is 1. The number of nitrogens with one attached hydrogen (secondary N) is 2. The number of amides is 1. The van der Waals surface area contributed by atoms with Crippen LogP contribution in [0.4, 0.5) is 0 Å². The number of hydrogen-bond donors (Lipinski definition) is 2. The van der Waals surface area contributed by atoms with E-state index < -0.39 is 16.1 Å². The van der Waals surface area contributed by atoms with E-state index in [0.29, 0.717) is 61.7 Å². The van der Waals surface area contributed by atoms with Crippen molar-refractivity contribution in [2.24, 2.45) is 5.92 Å². The second kappa shape index (κ2) is 11.6. The molecule has 1 aromatic carbocycles. The zero-order valence-corrected chi connectivity index (χ0v) is 23.7. The molecule has 2 aromatic rings. The van der Waals surface area contributed by atoms with Gasteiger partial charge in [-0.3, -0.25) is 9.69 Å². The third kappa shape index (κ3) is 5.66. The monoisotopic (exact) mass is 558 g/mol. The van der Waals surface area contributed by atoms with Gasteiger partial charge in [0.2, 0.25) is 10.0 Å². The molecule has 0 saturated carbocycles. The van der Waals surface area contributed by atoms with Crippen LogP contribution in [0.25, 0.3) is 0 Å². The minimum Gasteiger partial charge on any atom is -0.494 e. The molecule has 3 aliphatic heterocycles. The first-order chi connectivity index (χ1) is 18.8. The standard InChI is InChI=1S/C26H38N8O4S/c1-4-12-33-16-21-24(27-26(35)25(21)32(3)17-33)20-15-19(7-8-22(20)38-5-2)39(36,37)34-13-10-18(11-14-34)6-9-23-28-30-31-29-23/h7-8,15,18,24H,4-6,9-14,16-17H2,1-3H3,(H,27,35)(H,28,29,30,31). The molecular weight excluding hydrogens is 520 g/mol. The van der Waals surface area contributed by atoms with E-state index in [4.69, 9.17) is 4.74 Å². The maximum absolute atomic E-state index is 13.7. The van der Waals surface area contributed by atoms with Crippen LogP contribution in [0.1, 0.15) is 57.0 Å². The van der Waals surface area contributed by atoms with E-state index in [2.05, 4.69) is 37.8 Å². The van der Waals surface area contributed by atoms with Gasteiger partial charge in [0.25, 0.3) is 5.91 Å². The molecule has 212 valence electrons. The van der Waals surface area contributed by atoms with E-state index in [1.165, 1.54) is 0 Å². The second-order valence-electron chi connectivity index (χ2n) is 10.5. The van der Waals surface area contributed by atoms with Crippen molar-refractivity contribution >= 4 is 15.9 Å². The summed E-state index contributed by atoms with van der Waals surface area (Å²) in [6.07, 6.45) is 4.22. The quantitative estimate of drug-likeness (QED) is 0.446. The number of aryl methyl sites for hydroxylation is 1. The Hall–Kier alpha value is -3.03. The Labute approximate surface area is 229 Å². The van der Waals surface area contributed by atoms with Gasteiger partial charge in [0, 0.05) is 38.7 Å². The maximum atomic E-state index is 13.7. The molecule has 39 heavy (non-hydrogen) atoms. The highest BCUT2D eigenvalue weighted by atomic mass is 32.2. The Balaban J connectivity index is 1.37. The van der Waals surface area contributed by atoms with Crippen molar-refractivity contribution in [2.75, 3.05) is 46.5 Å². The number of tetrazole rings is 1. The molecule has 3 aliphatic rings. The Morgan fingerprint density at radius 2 is 1.97 bits per heavy atom. The summed E-state index contributed by atoms with van der Waals surface area (Å²) in [5.41, 5.74) is 2.31. The van der Waals surface area contributed by atoms with Gasteiger partial charge in [0.15, 0.2) is 5.82 Å². The number of sulfonamides is 1. The van der Waals surface area contributed by atoms with Gasteiger partial charge in [0.1, 0.15) is 11.4 Å². The first-order valence-electron chi connectivity index (χ1n) is 13.8. The summed E-state index contributed by atoms with van der Waals surface area (Å²) in [5.74, 6) is 1.56. The number of likely N-dealkylation sites (N-methyl/N-ethyl adjacent to an activating group) is 1. The average molecular weight is 559 g/mol. The predicted octanol–water partition coefficient (Wildman–Crippen LogP) is 1.67. The van der Waals surface area contributed by atoms with Crippen LogP contribution in [-0.4, -0.2) is 95.6 Å². The van der Waals surface area contributed by atoms with Gasteiger partial charge in [-0.2, -0.15) is 9.52 Å². The second-order valence-corrected chi connectivity index (χ2v) is 12.5. The van der Waals surface area contributed by atoms with Gasteiger partial charge in [0.05, 0.1) is 24.2 Å². The topological polar surface area (TPSA) is 137 Å². The molecule has 13 heteroatoms. The van der Waals surface area contributed by atoms with Crippen LogP contribution in [0.5, 0.6) is 5.75 Å². The number of aromatic nitrogens is 4. The number of carbonyl (C=O) groups excluding carboxylic acids is 1. The minimum absolute atomic E-state index is 0.132. The first kappa shape index (κ1) is 27.5. The lowest BCUT2D eigenvalue weighted by Gasteiger charge is -2.35. The molecule has 12 nitrogen and oxygen atoms in total. The largest absolute Gasteiger partial charge is 0.494 e. The summed E-state index contributed by atoms with van der Waals surface area (Å²) < 4.78 is 35.0. The third-order valence-corrected chi connectivity index (χ3v) is 9.73. The summed E-state index contributed by atoms with van der Waals surface area (Å²) >= 11 is 0. The number of H-pyrrole nitrogens is 1. The fourth-order valence-corrected chi connectivity index (χ4v) is 7.46. The number of carbonyl (C=O) groups is 1. The average Bonchev–Trinajstić information content (AvgIpc) is 3.56. The molecule has 1 atom stereocenters. The van der Waals surface area contributed by atoms with Crippen LogP contribution in [0.3, 0.4) is 0 Å². The lowest BCUT2D eigenvalue weighted by atomic mass is 9.93. The summed E-state index contributed by atoms with van der Waals surface area (Å²) in [5, 5.41) is 17.2. The van der Waals surface area contributed by atoms with Crippen molar-refractivity contribution in [3.63, 3.8) is 0 Å². The number of aromatic amines is 1. The zero-order chi connectivity index (χ0) is 27.6. The van der Waals surface area contributed by atoms with Crippen LogP contribution in [-0.2, 0) is 21.2 Å². The van der Waals surface area contributed by atoms with Gasteiger partial charge in [-0.1, -0.05) is 12.1 Å². The van der Waals surface area contributed by atoms with E-state index >= 15 is 0 Å². The molecule has 0 radical (unpaired) electrons. The minimum atomic E-state index is -3.71. The molecule has 0 spiro atoms. The van der Waals surface area contributed by atoms with Crippen LogP contribution in [0.15, 0.2) is 34.4 Å². The lowest BCUT2D eigenvalue weighted by molar-refractivity contribution is -0.118. The Bertz CT molecular complexity index is 1310. The molecule has 1 fully saturated rings. The molecule has 5 rings (SSSR count). The molecule has 4 heterocycles. The molecule has 1 aromatic heterocycles. The normalized spacial score (nSPS) is 21.4. The molecule has 2 N–H and O–H groups in total. The Morgan fingerprint density at radius 3 is 2.67 bits per heavy atom. The molecular formula is C26H38N8O4S. The molecule has 1 unspecified atom stereocenters. The number of hydrogen-bond acceptors (Lipinski definition) is 9. The van der Waals surface area contributed by atoms with E-state index in [0.717, 1.165) is 44.2 Å². The fraction of sp³-hybridized carbons (Fsp3) is 0.615. The van der Waals surface area contributed by atoms with Crippen LogP contribution in [0.2, 0.25) is 0 Å². The first-order valence-corrected chi connectivity index (χ1v) is 15.2. The van der Waals surface area contributed by atoms with Crippen molar-refractivity contribution in [2.45, 2.75) is 56.9 Å².